The Balaban J connectivity index is 2.52. The van der Waals surface area contributed by atoms with Gasteiger partial charge in [0, 0.05) is 0 Å². The van der Waals surface area contributed by atoms with Crippen molar-refractivity contribution in [3.8, 4) is 5.75 Å². The van der Waals surface area contributed by atoms with Gasteiger partial charge in [-0.25, -0.2) is 9.59 Å². The van der Waals surface area contributed by atoms with E-state index in [1.807, 2.05) is 6.92 Å². The Hall–Kier alpha value is -2.24. The van der Waals surface area contributed by atoms with Crippen LogP contribution in [0.1, 0.15) is 30.1 Å². The summed E-state index contributed by atoms with van der Waals surface area (Å²) in [5.74, 6) is -0.609. The van der Waals surface area contributed by atoms with Crippen LogP contribution in [0.15, 0.2) is 18.2 Å². The third-order valence-electron chi connectivity index (χ3n) is 2.54. The van der Waals surface area contributed by atoms with Crippen molar-refractivity contribution < 1.29 is 23.8 Å². The predicted molar refractivity (Wildman–Crippen MR) is 73.6 cm³/mol. The zero-order valence-electron chi connectivity index (χ0n) is 11.7. The molecular weight excluding hydrogens is 262 g/mol. The number of ether oxygens (including phenoxy) is 3. The van der Waals surface area contributed by atoms with Gasteiger partial charge in [0.2, 0.25) is 0 Å². The molecule has 110 valence electrons. The van der Waals surface area contributed by atoms with Crippen LogP contribution in [0.5, 0.6) is 5.75 Å². The molecule has 0 radical (unpaired) electrons. The molecule has 0 fully saturated rings. The first-order valence-electron chi connectivity index (χ1n) is 6.34. The van der Waals surface area contributed by atoms with Crippen molar-refractivity contribution in [3.63, 3.8) is 0 Å². The van der Waals surface area contributed by atoms with Crippen LogP contribution in [-0.4, -0.2) is 32.3 Å². The molecule has 0 unspecified atom stereocenters. The van der Waals surface area contributed by atoms with E-state index in [0.29, 0.717) is 17.9 Å². The van der Waals surface area contributed by atoms with E-state index >= 15 is 0 Å². The van der Waals surface area contributed by atoms with Gasteiger partial charge < -0.3 is 19.9 Å². The highest BCUT2D eigenvalue weighted by Crippen LogP contribution is 2.22. The molecule has 0 saturated heterocycles. The molecule has 1 aromatic carbocycles. The first-order chi connectivity index (χ1) is 9.58. The summed E-state index contributed by atoms with van der Waals surface area (Å²) < 4.78 is 14.8. The van der Waals surface area contributed by atoms with E-state index in [-0.39, 0.29) is 12.3 Å². The van der Waals surface area contributed by atoms with E-state index in [9.17, 15) is 9.59 Å². The van der Waals surface area contributed by atoms with Crippen molar-refractivity contribution in [2.45, 2.75) is 19.8 Å². The summed E-state index contributed by atoms with van der Waals surface area (Å²) in [7, 11) is 1.29. The average molecular weight is 281 g/mol. The molecule has 0 aliphatic rings. The predicted octanol–water partition coefficient (Wildman–Crippen LogP) is 1.78. The number of nitrogen functional groups attached to an aromatic ring is 1. The van der Waals surface area contributed by atoms with Crippen LogP contribution in [0.2, 0.25) is 0 Å². The summed E-state index contributed by atoms with van der Waals surface area (Å²) in [4.78, 5) is 22.7. The van der Waals surface area contributed by atoms with Crippen LogP contribution in [0.25, 0.3) is 0 Å². The number of rotatable bonds is 7. The number of nitrogens with two attached hydrogens (primary N) is 1. The highest BCUT2D eigenvalue weighted by Gasteiger charge is 2.10. The average Bonchev–Trinajstić information content (AvgIpc) is 2.45. The Morgan fingerprint density at radius 2 is 2.05 bits per heavy atom. The minimum absolute atomic E-state index is 0.217. The van der Waals surface area contributed by atoms with Crippen molar-refractivity contribution in [2.24, 2.45) is 0 Å². The normalized spacial score (nSPS) is 9.90. The number of methoxy groups -OCH3 is 1. The van der Waals surface area contributed by atoms with Gasteiger partial charge in [-0.3, -0.25) is 0 Å². The molecule has 1 aromatic rings. The minimum Gasteiger partial charge on any atom is -0.480 e. The van der Waals surface area contributed by atoms with Crippen molar-refractivity contribution in [1.29, 1.82) is 0 Å². The fourth-order valence-electron chi connectivity index (χ4n) is 1.43. The molecule has 0 heterocycles. The van der Waals surface area contributed by atoms with E-state index in [0.717, 1.165) is 12.8 Å². The molecule has 0 atom stereocenters. The number of hydrogen-bond donors (Lipinski definition) is 1. The molecule has 0 saturated carbocycles. The maximum absolute atomic E-state index is 11.4. The highest BCUT2D eigenvalue weighted by atomic mass is 16.6. The summed E-state index contributed by atoms with van der Waals surface area (Å²) in [5.41, 5.74) is 6.32. The van der Waals surface area contributed by atoms with E-state index < -0.39 is 11.9 Å². The lowest BCUT2D eigenvalue weighted by molar-refractivity contribution is -0.146. The van der Waals surface area contributed by atoms with Crippen LogP contribution in [0.4, 0.5) is 5.69 Å². The molecule has 0 bridgehead atoms. The highest BCUT2D eigenvalue weighted by molar-refractivity contribution is 5.90. The van der Waals surface area contributed by atoms with Gasteiger partial charge >= 0.3 is 11.9 Å². The summed E-state index contributed by atoms with van der Waals surface area (Å²) >= 11 is 0. The number of benzene rings is 1. The van der Waals surface area contributed by atoms with E-state index in [2.05, 4.69) is 4.74 Å². The van der Waals surface area contributed by atoms with Crippen LogP contribution in [0, 0.1) is 0 Å². The largest absolute Gasteiger partial charge is 0.480 e. The fraction of sp³-hybridized carbons (Fsp3) is 0.429. The van der Waals surface area contributed by atoms with Crippen LogP contribution >= 0.6 is 0 Å². The molecule has 0 spiro atoms. The molecular formula is C14H19NO5. The molecule has 6 heteroatoms. The number of hydrogen-bond acceptors (Lipinski definition) is 6. The van der Waals surface area contributed by atoms with Crippen molar-refractivity contribution in [3.05, 3.63) is 23.8 Å². The van der Waals surface area contributed by atoms with Gasteiger partial charge in [-0.1, -0.05) is 13.3 Å². The standard InChI is InChI=1S/C14H19NO5/c1-3-4-7-19-13(16)9-20-12-6-5-10(8-11(12)15)14(17)18-2/h5-6,8H,3-4,7,9,15H2,1-2H3. The van der Waals surface area contributed by atoms with E-state index in [1.54, 1.807) is 0 Å². The zero-order chi connectivity index (χ0) is 15.0. The van der Waals surface area contributed by atoms with Crippen LogP contribution in [-0.2, 0) is 14.3 Å². The summed E-state index contributed by atoms with van der Waals surface area (Å²) in [6.45, 7) is 2.18. The van der Waals surface area contributed by atoms with Gasteiger partial charge in [0.25, 0.3) is 0 Å². The van der Waals surface area contributed by atoms with Gasteiger partial charge in [-0.15, -0.1) is 0 Å². The van der Waals surface area contributed by atoms with Gasteiger partial charge in [0.05, 0.1) is 25.0 Å². The Morgan fingerprint density at radius 1 is 1.30 bits per heavy atom. The van der Waals surface area contributed by atoms with Crippen LogP contribution in [0.3, 0.4) is 0 Å². The molecule has 0 amide bonds. The SMILES string of the molecule is CCCCOC(=O)COc1ccc(C(=O)OC)cc1N. The van der Waals surface area contributed by atoms with Crippen molar-refractivity contribution in [1.82, 2.24) is 0 Å². The molecule has 0 aliphatic heterocycles. The first kappa shape index (κ1) is 15.8. The molecule has 1 rings (SSSR count). The number of anilines is 1. The smallest absolute Gasteiger partial charge is 0.344 e. The Kier molecular flexibility index (Phi) is 6.36. The maximum Gasteiger partial charge on any atom is 0.344 e. The number of carbonyl (C=O) groups is 2. The lowest BCUT2D eigenvalue weighted by atomic mass is 10.2. The van der Waals surface area contributed by atoms with Crippen molar-refractivity contribution in [2.75, 3.05) is 26.1 Å². The molecule has 0 aliphatic carbocycles. The number of carbonyl (C=O) groups excluding carboxylic acids is 2. The summed E-state index contributed by atoms with van der Waals surface area (Å²) in [6.07, 6.45) is 1.78. The van der Waals surface area contributed by atoms with Gasteiger partial charge in [-0.2, -0.15) is 0 Å². The maximum atomic E-state index is 11.4. The first-order valence-corrected chi connectivity index (χ1v) is 6.34. The third kappa shape index (κ3) is 4.79. The molecule has 6 nitrogen and oxygen atoms in total. The molecule has 20 heavy (non-hydrogen) atoms. The lowest BCUT2D eigenvalue weighted by Gasteiger charge is -2.09. The minimum atomic E-state index is -0.484. The Labute approximate surface area is 117 Å². The lowest BCUT2D eigenvalue weighted by Crippen LogP contribution is -2.16. The van der Waals surface area contributed by atoms with E-state index in [1.165, 1.54) is 25.3 Å². The fourth-order valence-corrected chi connectivity index (χ4v) is 1.43. The Morgan fingerprint density at radius 3 is 2.65 bits per heavy atom. The Bertz CT molecular complexity index is 473. The quantitative estimate of drug-likeness (QED) is 0.465. The second kappa shape index (κ2) is 8.04. The summed E-state index contributed by atoms with van der Waals surface area (Å²) in [6, 6.07) is 4.46. The van der Waals surface area contributed by atoms with Gasteiger partial charge in [0.15, 0.2) is 6.61 Å². The van der Waals surface area contributed by atoms with Gasteiger partial charge in [-0.05, 0) is 24.6 Å². The second-order valence-electron chi connectivity index (χ2n) is 4.11. The van der Waals surface area contributed by atoms with Crippen molar-refractivity contribution >= 4 is 17.6 Å². The van der Waals surface area contributed by atoms with E-state index in [4.69, 9.17) is 15.2 Å². The number of unbranched alkanes of at least 4 members (excludes halogenated alkanes) is 1. The zero-order valence-corrected chi connectivity index (χ0v) is 11.7. The topological polar surface area (TPSA) is 87.8 Å². The monoisotopic (exact) mass is 281 g/mol. The molecule has 2 N–H and O–H groups in total. The molecule has 0 aromatic heterocycles. The second-order valence-corrected chi connectivity index (χ2v) is 4.11. The van der Waals surface area contributed by atoms with Crippen LogP contribution < -0.4 is 10.5 Å². The summed E-state index contributed by atoms with van der Waals surface area (Å²) in [5, 5.41) is 0. The third-order valence-corrected chi connectivity index (χ3v) is 2.54. The van der Waals surface area contributed by atoms with Gasteiger partial charge in [0.1, 0.15) is 5.75 Å². The number of esters is 2.